The van der Waals surface area contributed by atoms with E-state index in [0.29, 0.717) is 5.82 Å². The van der Waals surface area contributed by atoms with Gasteiger partial charge in [0.2, 0.25) is 0 Å². The molecule has 0 saturated heterocycles. The second-order valence-electron chi connectivity index (χ2n) is 13.3. The SMILES string of the molecule is c1ccc(-c2nc(-c3cccc(-c4cc(-c5ccccc5)c5c6ccccc6c6ccccc6c5c4-c4ccccc4)c3)nc3ccccc23)cc1. The molecule has 0 saturated carbocycles. The Labute approximate surface area is 302 Å². The van der Waals surface area contributed by atoms with E-state index in [9.17, 15) is 0 Å². The molecule has 52 heavy (non-hydrogen) atoms. The van der Waals surface area contributed by atoms with Crippen LogP contribution in [0, 0.1) is 0 Å². The Hall–Kier alpha value is -6.90. The summed E-state index contributed by atoms with van der Waals surface area (Å²) in [5.74, 6) is 0.709. The Morgan fingerprint density at radius 2 is 0.788 bits per heavy atom. The fourth-order valence-corrected chi connectivity index (χ4v) is 7.93. The molecule has 10 rings (SSSR count). The summed E-state index contributed by atoms with van der Waals surface area (Å²) in [6.45, 7) is 0. The van der Waals surface area contributed by atoms with Gasteiger partial charge in [0.05, 0.1) is 11.2 Å². The van der Waals surface area contributed by atoms with Crippen LogP contribution < -0.4 is 0 Å². The molecular formula is C50H32N2. The van der Waals surface area contributed by atoms with Crippen LogP contribution in [0.2, 0.25) is 0 Å². The van der Waals surface area contributed by atoms with Crippen LogP contribution in [-0.2, 0) is 0 Å². The van der Waals surface area contributed by atoms with Gasteiger partial charge in [-0.15, -0.1) is 0 Å². The van der Waals surface area contributed by atoms with Crippen LogP contribution in [0.15, 0.2) is 194 Å². The van der Waals surface area contributed by atoms with Crippen molar-refractivity contribution in [3.63, 3.8) is 0 Å². The molecule has 0 atom stereocenters. The maximum atomic E-state index is 5.24. The zero-order valence-corrected chi connectivity index (χ0v) is 28.4. The molecule has 1 aromatic heterocycles. The second-order valence-corrected chi connectivity index (χ2v) is 13.3. The normalized spacial score (nSPS) is 11.5. The van der Waals surface area contributed by atoms with Crippen LogP contribution >= 0.6 is 0 Å². The van der Waals surface area contributed by atoms with Crippen molar-refractivity contribution in [2.75, 3.05) is 0 Å². The van der Waals surface area contributed by atoms with Gasteiger partial charge in [-0.2, -0.15) is 0 Å². The number of para-hydroxylation sites is 1. The number of rotatable bonds is 5. The van der Waals surface area contributed by atoms with Crippen LogP contribution in [0.5, 0.6) is 0 Å². The lowest BCUT2D eigenvalue weighted by Crippen LogP contribution is -1.96. The highest BCUT2D eigenvalue weighted by Crippen LogP contribution is 2.49. The van der Waals surface area contributed by atoms with Crippen molar-refractivity contribution >= 4 is 43.2 Å². The highest BCUT2D eigenvalue weighted by molar-refractivity contribution is 6.33. The molecule has 1 heterocycles. The molecule has 2 nitrogen and oxygen atoms in total. The molecule has 0 aliphatic carbocycles. The van der Waals surface area contributed by atoms with Gasteiger partial charge in [0.1, 0.15) is 0 Å². The van der Waals surface area contributed by atoms with Crippen molar-refractivity contribution in [2.45, 2.75) is 0 Å². The summed E-state index contributed by atoms with van der Waals surface area (Å²) in [6, 6.07) is 69.3. The van der Waals surface area contributed by atoms with Crippen LogP contribution in [0.1, 0.15) is 0 Å². The molecule has 0 N–H and O–H groups in total. The summed E-state index contributed by atoms with van der Waals surface area (Å²) in [7, 11) is 0. The Kier molecular flexibility index (Phi) is 7.18. The number of fused-ring (bicyclic) bond motifs is 7. The Morgan fingerprint density at radius 1 is 0.288 bits per heavy atom. The molecule has 0 aliphatic rings. The molecule has 0 unspecified atom stereocenters. The number of aromatic nitrogens is 2. The molecule has 10 aromatic rings. The predicted octanol–water partition coefficient (Wildman–Crippen LogP) is 13.4. The quantitative estimate of drug-likeness (QED) is 0.172. The van der Waals surface area contributed by atoms with Crippen molar-refractivity contribution in [3.8, 4) is 56.0 Å². The van der Waals surface area contributed by atoms with Gasteiger partial charge in [0, 0.05) is 16.5 Å². The first-order valence-corrected chi connectivity index (χ1v) is 17.8. The average Bonchev–Trinajstić information content (AvgIpc) is 3.23. The summed E-state index contributed by atoms with van der Waals surface area (Å²) in [4.78, 5) is 10.4. The third-order valence-electron chi connectivity index (χ3n) is 10.2. The van der Waals surface area contributed by atoms with E-state index >= 15 is 0 Å². The van der Waals surface area contributed by atoms with E-state index in [1.54, 1.807) is 0 Å². The van der Waals surface area contributed by atoms with E-state index in [2.05, 4.69) is 182 Å². The fourth-order valence-electron chi connectivity index (χ4n) is 7.93. The summed E-state index contributed by atoms with van der Waals surface area (Å²) in [5.41, 5.74) is 11.0. The van der Waals surface area contributed by atoms with Gasteiger partial charge >= 0.3 is 0 Å². The molecule has 0 spiro atoms. The molecule has 242 valence electrons. The van der Waals surface area contributed by atoms with Crippen molar-refractivity contribution in [1.82, 2.24) is 9.97 Å². The van der Waals surface area contributed by atoms with E-state index in [4.69, 9.17) is 9.97 Å². The Bertz CT molecular complexity index is 2930. The molecule has 0 aliphatic heterocycles. The van der Waals surface area contributed by atoms with Crippen molar-refractivity contribution in [2.24, 2.45) is 0 Å². The van der Waals surface area contributed by atoms with Gasteiger partial charge in [-0.25, -0.2) is 9.97 Å². The van der Waals surface area contributed by atoms with Crippen molar-refractivity contribution in [1.29, 1.82) is 0 Å². The summed E-state index contributed by atoms with van der Waals surface area (Å²) < 4.78 is 0. The zero-order chi connectivity index (χ0) is 34.4. The predicted molar refractivity (Wildman–Crippen MR) is 219 cm³/mol. The monoisotopic (exact) mass is 660 g/mol. The van der Waals surface area contributed by atoms with Crippen molar-refractivity contribution < 1.29 is 0 Å². The van der Waals surface area contributed by atoms with E-state index in [0.717, 1.165) is 33.3 Å². The van der Waals surface area contributed by atoms with Gasteiger partial charge in [-0.1, -0.05) is 176 Å². The second kappa shape index (κ2) is 12.5. The minimum atomic E-state index is 0.709. The number of nitrogens with zero attached hydrogens (tertiary/aromatic N) is 2. The first-order chi connectivity index (χ1) is 25.8. The van der Waals surface area contributed by atoms with Crippen molar-refractivity contribution in [3.05, 3.63) is 194 Å². The van der Waals surface area contributed by atoms with E-state index in [1.165, 1.54) is 60.1 Å². The number of benzene rings is 9. The van der Waals surface area contributed by atoms with E-state index in [1.807, 2.05) is 12.1 Å². The molecule has 0 bridgehead atoms. The van der Waals surface area contributed by atoms with Gasteiger partial charge in [0.25, 0.3) is 0 Å². The molecular weight excluding hydrogens is 629 g/mol. The fraction of sp³-hybridized carbons (Fsp3) is 0. The number of hydrogen-bond acceptors (Lipinski definition) is 2. The molecule has 2 heteroatoms. The summed E-state index contributed by atoms with van der Waals surface area (Å²) >= 11 is 0. The Morgan fingerprint density at radius 3 is 1.46 bits per heavy atom. The standard InChI is InChI=1S/C50H32N2/c1-4-17-33(18-5-1)43-32-44(36-23-16-24-37(31-36)50-51-45-30-15-14-29-42(45)49(52-50)35-21-8-3-9-22-35)46(34-19-6-2-7-20-34)48-41-28-13-11-26-39(41)38-25-10-12-27-40(38)47(43)48/h1-32H. The summed E-state index contributed by atoms with van der Waals surface area (Å²) in [6.07, 6.45) is 0. The topological polar surface area (TPSA) is 25.8 Å². The summed E-state index contributed by atoms with van der Waals surface area (Å²) in [5, 5.41) is 8.59. The molecule has 0 amide bonds. The molecule has 0 radical (unpaired) electrons. The van der Waals surface area contributed by atoms with E-state index in [-0.39, 0.29) is 0 Å². The minimum Gasteiger partial charge on any atom is -0.228 e. The first kappa shape index (κ1) is 30.0. The zero-order valence-electron chi connectivity index (χ0n) is 28.4. The van der Waals surface area contributed by atoms with Crippen LogP contribution in [-0.4, -0.2) is 9.97 Å². The third kappa shape index (κ3) is 4.96. The molecule has 0 fully saturated rings. The highest BCUT2D eigenvalue weighted by Gasteiger charge is 2.22. The third-order valence-corrected chi connectivity index (χ3v) is 10.2. The van der Waals surface area contributed by atoms with Crippen LogP contribution in [0.25, 0.3) is 99.2 Å². The lowest BCUT2D eigenvalue weighted by molar-refractivity contribution is 1.23. The number of hydrogen-bond donors (Lipinski definition) is 0. The maximum Gasteiger partial charge on any atom is 0.160 e. The average molecular weight is 661 g/mol. The van der Waals surface area contributed by atoms with E-state index < -0.39 is 0 Å². The van der Waals surface area contributed by atoms with Gasteiger partial charge in [-0.05, 0) is 83.9 Å². The molecule has 9 aromatic carbocycles. The van der Waals surface area contributed by atoms with Crippen LogP contribution in [0.3, 0.4) is 0 Å². The lowest BCUT2D eigenvalue weighted by Gasteiger charge is -2.22. The largest absolute Gasteiger partial charge is 0.228 e. The Balaban J connectivity index is 1.32. The van der Waals surface area contributed by atoms with Gasteiger partial charge < -0.3 is 0 Å². The van der Waals surface area contributed by atoms with Gasteiger partial charge in [0.15, 0.2) is 5.82 Å². The first-order valence-electron chi connectivity index (χ1n) is 17.8. The lowest BCUT2D eigenvalue weighted by atomic mass is 9.81. The highest BCUT2D eigenvalue weighted by atomic mass is 14.9. The van der Waals surface area contributed by atoms with Gasteiger partial charge in [-0.3, -0.25) is 0 Å². The smallest absolute Gasteiger partial charge is 0.160 e. The minimum absolute atomic E-state index is 0.709. The van der Waals surface area contributed by atoms with Crippen LogP contribution in [0.4, 0.5) is 0 Å². The maximum absolute atomic E-state index is 5.24.